The number of hydrogen-bond donors (Lipinski definition) is 1. The van der Waals surface area contributed by atoms with E-state index in [9.17, 15) is 12.8 Å². The monoisotopic (exact) mass is 318 g/mol. The largest absolute Gasteiger partial charge is 0.497 e. The van der Waals surface area contributed by atoms with E-state index in [4.69, 9.17) is 4.74 Å². The summed E-state index contributed by atoms with van der Waals surface area (Å²) in [5, 5.41) is 0. The quantitative estimate of drug-likeness (QED) is 0.839. The van der Waals surface area contributed by atoms with Crippen LogP contribution in [0.4, 0.5) is 4.39 Å². The topological polar surface area (TPSA) is 58.6 Å². The molecular weight excluding hydrogens is 295 g/mol. The summed E-state index contributed by atoms with van der Waals surface area (Å²) < 4.78 is 46.5. The van der Waals surface area contributed by atoms with Crippen molar-refractivity contribution in [1.82, 2.24) is 9.03 Å². The highest BCUT2D eigenvalue weighted by atomic mass is 32.2. The number of nitrogens with one attached hydrogen (secondary N) is 1. The Morgan fingerprint density at radius 3 is 2.24 bits per heavy atom. The maximum Gasteiger partial charge on any atom is 0.279 e. The molecule has 120 valence electrons. The first-order valence-electron chi connectivity index (χ1n) is 6.60. The first kappa shape index (κ1) is 17.9. The van der Waals surface area contributed by atoms with Crippen LogP contribution in [-0.4, -0.2) is 39.6 Å². The van der Waals surface area contributed by atoms with Gasteiger partial charge in [-0.15, -0.1) is 0 Å². The first-order valence-corrected chi connectivity index (χ1v) is 8.04. The number of methoxy groups -OCH3 is 1. The fourth-order valence-corrected chi connectivity index (χ4v) is 2.87. The lowest BCUT2D eigenvalue weighted by Gasteiger charge is -2.30. The molecule has 0 fully saturated rings. The Morgan fingerprint density at radius 1 is 1.33 bits per heavy atom. The highest BCUT2D eigenvalue weighted by Crippen LogP contribution is 2.32. The van der Waals surface area contributed by atoms with E-state index in [1.807, 2.05) is 0 Å². The molecule has 0 saturated carbocycles. The number of rotatable bonds is 7. The average molecular weight is 318 g/mol. The van der Waals surface area contributed by atoms with Crippen LogP contribution in [0.2, 0.25) is 0 Å². The molecule has 0 saturated heterocycles. The molecule has 5 nitrogen and oxygen atoms in total. The van der Waals surface area contributed by atoms with Crippen LogP contribution in [0.25, 0.3) is 0 Å². The van der Waals surface area contributed by atoms with Gasteiger partial charge < -0.3 is 4.74 Å². The number of ether oxygens (including phenoxy) is 1. The molecule has 1 unspecified atom stereocenters. The molecule has 0 aromatic heterocycles. The normalized spacial score (nSPS) is 14.2. The summed E-state index contributed by atoms with van der Waals surface area (Å²) in [6.45, 7) is 2.87. The van der Waals surface area contributed by atoms with Crippen LogP contribution in [0.15, 0.2) is 24.3 Å². The van der Waals surface area contributed by atoms with Crippen LogP contribution in [0, 0.1) is 0 Å². The molecule has 0 heterocycles. The Morgan fingerprint density at radius 2 is 1.86 bits per heavy atom. The zero-order valence-corrected chi connectivity index (χ0v) is 13.9. The van der Waals surface area contributed by atoms with Crippen molar-refractivity contribution in [3.05, 3.63) is 29.8 Å². The summed E-state index contributed by atoms with van der Waals surface area (Å²) in [6.07, 6.45) is 0.0523. The Kier molecular flexibility index (Phi) is 5.72. The van der Waals surface area contributed by atoms with Crippen molar-refractivity contribution in [1.29, 1.82) is 0 Å². The van der Waals surface area contributed by atoms with Gasteiger partial charge >= 0.3 is 0 Å². The van der Waals surface area contributed by atoms with Gasteiger partial charge in [0.15, 0.2) is 0 Å². The van der Waals surface area contributed by atoms with Gasteiger partial charge in [-0.05, 0) is 31.5 Å². The lowest BCUT2D eigenvalue weighted by molar-refractivity contribution is 0.158. The predicted molar refractivity (Wildman–Crippen MR) is 81.3 cm³/mol. The summed E-state index contributed by atoms with van der Waals surface area (Å²) in [5.41, 5.74) is -0.787. The second-order valence-corrected chi connectivity index (χ2v) is 7.37. The number of alkyl halides is 1. The number of halogens is 1. The number of hydrogen-bond acceptors (Lipinski definition) is 3. The van der Waals surface area contributed by atoms with Gasteiger partial charge in [-0.3, -0.25) is 0 Å². The van der Waals surface area contributed by atoms with E-state index in [1.165, 1.54) is 27.9 Å². The van der Waals surface area contributed by atoms with Crippen LogP contribution in [0.5, 0.6) is 5.75 Å². The molecule has 0 amide bonds. The van der Waals surface area contributed by atoms with Gasteiger partial charge in [0.05, 0.1) is 13.2 Å². The Balaban J connectivity index is 3.18. The Labute approximate surface area is 126 Å². The van der Waals surface area contributed by atoms with E-state index in [-0.39, 0.29) is 6.42 Å². The third-order valence-corrected chi connectivity index (χ3v) is 4.78. The van der Waals surface area contributed by atoms with Crippen molar-refractivity contribution in [3.63, 3.8) is 0 Å². The van der Waals surface area contributed by atoms with Gasteiger partial charge in [0.1, 0.15) is 11.4 Å². The van der Waals surface area contributed by atoms with Crippen molar-refractivity contribution in [2.45, 2.75) is 32.0 Å². The molecule has 1 aromatic carbocycles. The van der Waals surface area contributed by atoms with E-state index < -0.39 is 21.9 Å². The first-order chi connectivity index (χ1) is 9.60. The molecule has 1 atom stereocenters. The molecule has 1 N–H and O–H groups in total. The molecule has 0 aliphatic carbocycles. The van der Waals surface area contributed by atoms with Gasteiger partial charge in [-0.2, -0.15) is 12.7 Å². The van der Waals surface area contributed by atoms with E-state index in [1.54, 1.807) is 31.4 Å². The highest BCUT2D eigenvalue weighted by Gasteiger charge is 2.32. The fraction of sp³-hybridized carbons (Fsp3) is 0.571. The third kappa shape index (κ3) is 4.94. The van der Waals surface area contributed by atoms with Crippen LogP contribution in [0.3, 0.4) is 0 Å². The van der Waals surface area contributed by atoms with Gasteiger partial charge in [-0.1, -0.05) is 12.1 Å². The molecule has 21 heavy (non-hydrogen) atoms. The summed E-state index contributed by atoms with van der Waals surface area (Å²) in [5.74, 6) is 0.663. The highest BCUT2D eigenvalue weighted by molar-refractivity contribution is 7.87. The molecule has 7 heteroatoms. The zero-order valence-electron chi connectivity index (χ0n) is 13.1. The third-order valence-electron chi connectivity index (χ3n) is 3.26. The van der Waals surface area contributed by atoms with Crippen molar-refractivity contribution >= 4 is 10.2 Å². The molecule has 1 aromatic rings. The second kappa shape index (κ2) is 6.72. The molecule has 0 aliphatic rings. The Bertz CT molecular complexity index is 553. The van der Waals surface area contributed by atoms with Crippen LogP contribution >= 0.6 is 0 Å². The van der Waals surface area contributed by atoms with Crippen molar-refractivity contribution in [2.75, 3.05) is 21.2 Å². The molecule has 0 aliphatic heterocycles. The molecule has 0 bridgehead atoms. The smallest absolute Gasteiger partial charge is 0.279 e. The van der Waals surface area contributed by atoms with Gasteiger partial charge in [-0.25, -0.2) is 9.11 Å². The lowest BCUT2D eigenvalue weighted by Crippen LogP contribution is -2.40. The predicted octanol–water partition coefficient (Wildman–Crippen LogP) is 2.27. The summed E-state index contributed by atoms with van der Waals surface area (Å²) in [4.78, 5) is 0. The minimum absolute atomic E-state index is 0.0523. The summed E-state index contributed by atoms with van der Waals surface area (Å²) in [7, 11) is 0.670. The Hall–Kier alpha value is -1.18. The second-order valence-electron chi connectivity index (χ2n) is 5.44. The van der Waals surface area contributed by atoms with E-state index in [0.717, 1.165) is 4.31 Å². The molecular formula is C14H23FN2O3S. The lowest BCUT2D eigenvalue weighted by atomic mass is 9.95. The van der Waals surface area contributed by atoms with Crippen molar-refractivity contribution in [2.24, 2.45) is 0 Å². The standard InChI is InChI=1S/C14H23FN2O3S/c1-14(2,15)10-13(17(4)21(18,19)16-3)11-6-8-12(20-5)9-7-11/h6-9,13,16H,10H2,1-5H3. The SMILES string of the molecule is CNS(=O)(=O)N(C)C(CC(C)(C)F)c1ccc(OC)cc1. The van der Waals surface area contributed by atoms with Gasteiger partial charge in [0.25, 0.3) is 10.2 Å². The van der Waals surface area contributed by atoms with Crippen molar-refractivity contribution < 1.29 is 17.5 Å². The molecule has 0 spiro atoms. The van der Waals surface area contributed by atoms with E-state index in [0.29, 0.717) is 11.3 Å². The maximum atomic E-state index is 14.1. The maximum absolute atomic E-state index is 14.1. The van der Waals surface area contributed by atoms with E-state index in [2.05, 4.69) is 4.72 Å². The number of benzene rings is 1. The minimum atomic E-state index is -3.65. The van der Waals surface area contributed by atoms with Crippen molar-refractivity contribution in [3.8, 4) is 5.75 Å². The summed E-state index contributed by atoms with van der Waals surface area (Å²) >= 11 is 0. The fourth-order valence-electron chi connectivity index (χ4n) is 2.05. The van der Waals surface area contributed by atoms with Crippen LogP contribution < -0.4 is 9.46 Å². The van der Waals surface area contributed by atoms with Gasteiger partial charge in [0.2, 0.25) is 0 Å². The number of nitrogens with zero attached hydrogens (tertiary/aromatic N) is 1. The molecule has 0 radical (unpaired) electrons. The van der Waals surface area contributed by atoms with Crippen LogP contribution in [-0.2, 0) is 10.2 Å². The zero-order chi connectivity index (χ0) is 16.3. The van der Waals surface area contributed by atoms with Crippen LogP contribution in [0.1, 0.15) is 31.9 Å². The minimum Gasteiger partial charge on any atom is -0.497 e. The van der Waals surface area contributed by atoms with E-state index >= 15 is 0 Å². The average Bonchev–Trinajstić information content (AvgIpc) is 2.43. The summed E-state index contributed by atoms with van der Waals surface area (Å²) in [6, 6.07) is 6.35. The van der Waals surface area contributed by atoms with Gasteiger partial charge in [0, 0.05) is 20.5 Å². The molecule has 1 rings (SSSR count).